The van der Waals surface area contributed by atoms with Crippen LogP contribution in [0.2, 0.25) is 0 Å². The minimum atomic E-state index is 0.725. The van der Waals surface area contributed by atoms with E-state index in [1.54, 1.807) is 14.2 Å². The van der Waals surface area contributed by atoms with E-state index in [1.165, 1.54) is 11.1 Å². The summed E-state index contributed by atoms with van der Waals surface area (Å²) < 4.78 is 13.7. The number of hydrogen-bond donors (Lipinski definition) is 0. The van der Waals surface area contributed by atoms with Crippen LogP contribution in [0.25, 0.3) is 32.7 Å². The Bertz CT molecular complexity index is 1170. The summed E-state index contributed by atoms with van der Waals surface area (Å²) in [4.78, 5) is 0. The third kappa shape index (κ3) is 3.60. The Morgan fingerprint density at radius 1 is 0.600 bits per heavy atom. The van der Waals surface area contributed by atoms with Crippen LogP contribution in [0.1, 0.15) is 11.1 Å². The number of methoxy groups -OCH3 is 2. The van der Waals surface area contributed by atoms with Crippen molar-refractivity contribution < 1.29 is 9.47 Å². The SMILES string of the molecule is COc1ccc(Br)c2ccc(CBr)c(-c3c(CBr)ccc4c(Br)ccc(OC)c34)c12. The summed E-state index contributed by atoms with van der Waals surface area (Å²) in [5, 5.41) is 5.84. The van der Waals surface area contributed by atoms with Crippen molar-refractivity contribution in [3.05, 3.63) is 68.6 Å². The Kier molecular flexibility index (Phi) is 6.78. The smallest absolute Gasteiger partial charge is 0.127 e. The van der Waals surface area contributed by atoms with Crippen LogP contribution in [0.15, 0.2) is 57.5 Å². The maximum absolute atomic E-state index is 5.82. The van der Waals surface area contributed by atoms with Gasteiger partial charge in [0.2, 0.25) is 0 Å². The van der Waals surface area contributed by atoms with Crippen LogP contribution in [0.4, 0.5) is 0 Å². The first kappa shape index (κ1) is 22.1. The van der Waals surface area contributed by atoms with Crippen molar-refractivity contribution in [2.75, 3.05) is 14.2 Å². The van der Waals surface area contributed by atoms with Gasteiger partial charge in [0.15, 0.2) is 0 Å². The third-order valence-electron chi connectivity index (χ3n) is 5.33. The highest BCUT2D eigenvalue weighted by molar-refractivity contribution is 9.11. The van der Waals surface area contributed by atoms with Crippen LogP contribution in [-0.2, 0) is 10.7 Å². The van der Waals surface area contributed by atoms with Crippen molar-refractivity contribution >= 4 is 85.3 Å². The molecule has 6 heteroatoms. The molecule has 0 aliphatic heterocycles. The lowest BCUT2D eigenvalue weighted by atomic mass is 9.87. The molecule has 0 unspecified atom stereocenters. The first-order valence-electron chi connectivity index (χ1n) is 9.24. The van der Waals surface area contributed by atoms with Crippen molar-refractivity contribution in [1.82, 2.24) is 0 Å². The van der Waals surface area contributed by atoms with Gasteiger partial charge in [-0.05, 0) is 46.5 Å². The zero-order valence-corrected chi connectivity index (χ0v) is 22.7. The monoisotopic (exact) mass is 654 g/mol. The summed E-state index contributed by atoms with van der Waals surface area (Å²) in [6.07, 6.45) is 0. The molecule has 4 aromatic rings. The Balaban J connectivity index is 2.32. The molecular weight excluding hydrogens is 640 g/mol. The number of hydrogen-bond acceptors (Lipinski definition) is 2. The molecule has 4 aromatic carbocycles. The summed E-state index contributed by atoms with van der Waals surface area (Å²) in [7, 11) is 3.44. The van der Waals surface area contributed by atoms with Gasteiger partial charge in [0.05, 0.1) is 14.2 Å². The Morgan fingerprint density at radius 2 is 1.00 bits per heavy atom. The van der Waals surface area contributed by atoms with E-state index in [1.807, 2.05) is 24.3 Å². The standard InChI is InChI=1S/C24H18Br4O2/c1-29-19-9-7-17(27)15-5-3-13(11-25)21(23(15)19)22-14(12-26)4-6-16-18(28)8-10-20(30-2)24(16)22/h3-10H,11-12H2,1-2H3. The number of alkyl halides is 2. The molecular formula is C24H18Br4O2. The molecule has 0 aliphatic rings. The highest BCUT2D eigenvalue weighted by Gasteiger charge is 2.22. The fourth-order valence-corrected chi connectivity index (χ4v) is 5.84. The first-order chi connectivity index (χ1) is 14.5. The van der Waals surface area contributed by atoms with Crippen molar-refractivity contribution in [2.24, 2.45) is 0 Å². The van der Waals surface area contributed by atoms with Gasteiger partial charge < -0.3 is 9.47 Å². The highest BCUT2D eigenvalue weighted by atomic mass is 79.9. The van der Waals surface area contributed by atoms with Crippen molar-refractivity contribution in [2.45, 2.75) is 10.7 Å². The van der Waals surface area contributed by atoms with Gasteiger partial charge in [-0.1, -0.05) is 88.0 Å². The van der Waals surface area contributed by atoms with Crippen LogP contribution in [0.3, 0.4) is 0 Å². The van der Waals surface area contributed by atoms with Crippen molar-refractivity contribution in [3.63, 3.8) is 0 Å². The normalized spacial score (nSPS) is 11.3. The lowest BCUT2D eigenvalue weighted by molar-refractivity contribution is 0.419. The molecule has 0 bridgehead atoms. The molecule has 0 amide bonds. The molecule has 0 saturated heterocycles. The summed E-state index contributed by atoms with van der Waals surface area (Å²) in [5.74, 6) is 1.69. The lowest BCUT2D eigenvalue weighted by Crippen LogP contribution is -1.98. The van der Waals surface area contributed by atoms with Crippen molar-refractivity contribution in [1.29, 1.82) is 0 Å². The van der Waals surface area contributed by atoms with Gasteiger partial charge >= 0.3 is 0 Å². The highest BCUT2D eigenvalue weighted by Crippen LogP contribution is 2.48. The Morgan fingerprint density at radius 3 is 1.33 bits per heavy atom. The average molecular weight is 658 g/mol. The number of benzene rings is 4. The molecule has 0 heterocycles. The number of fused-ring (bicyclic) bond motifs is 2. The first-order valence-corrected chi connectivity index (χ1v) is 13.1. The maximum Gasteiger partial charge on any atom is 0.127 e. The van der Waals surface area contributed by atoms with Gasteiger partial charge in [-0.2, -0.15) is 0 Å². The molecule has 0 radical (unpaired) electrons. The van der Waals surface area contributed by atoms with Crippen molar-refractivity contribution in [3.8, 4) is 22.6 Å². The minimum Gasteiger partial charge on any atom is -0.496 e. The molecule has 4 rings (SSSR count). The van der Waals surface area contributed by atoms with E-state index in [9.17, 15) is 0 Å². The maximum atomic E-state index is 5.82. The van der Waals surface area contributed by atoms with Gasteiger partial charge in [0.25, 0.3) is 0 Å². The van der Waals surface area contributed by atoms with Crippen LogP contribution in [0.5, 0.6) is 11.5 Å². The average Bonchev–Trinajstić information content (AvgIpc) is 2.78. The minimum absolute atomic E-state index is 0.725. The summed E-state index contributed by atoms with van der Waals surface area (Å²) >= 11 is 14.9. The van der Waals surface area contributed by atoms with Gasteiger partial charge in [0, 0.05) is 41.2 Å². The fraction of sp³-hybridized carbons (Fsp3) is 0.167. The second kappa shape index (κ2) is 9.19. The van der Waals surface area contributed by atoms with Gasteiger partial charge in [-0.15, -0.1) is 0 Å². The summed E-state index contributed by atoms with van der Waals surface area (Å²) in [5.41, 5.74) is 4.68. The fourth-order valence-electron chi connectivity index (χ4n) is 3.98. The number of halogens is 4. The van der Waals surface area contributed by atoms with E-state index in [-0.39, 0.29) is 0 Å². The van der Waals surface area contributed by atoms with Crippen LogP contribution in [0, 0.1) is 0 Å². The van der Waals surface area contributed by atoms with E-state index in [0.717, 1.165) is 63.8 Å². The molecule has 0 spiro atoms. The summed E-state index contributed by atoms with van der Waals surface area (Å²) in [6, 6.07) is 16.7. The van der Waals surface area contributed by atoms with E-state index in [0.29, 0.717) is 0 Å². The van der Waals surface area contributed by atoms with Gasteiger partial charge in [-0.3, -0.25) is 0 Å². The quantitative estimate of drug-likeness (QED) is 0.200. The summed E-state index contributed by atoms with van der Waals surface area (Å²) in [6.45, 7) is 0. The zero-order valence-electron chi connectivity index (χ0n) is 16.4. The Hall–Kier alpha value is -1.08. The van der Waals surface area contributed by atoms with Gasteiger partial charge in [0.1, 0.15) is 11.5 Å². The topological polar surface area (TPSA) is 18.5 Å². The van der Waals surface area contributed by atoms with E-state index in [4.69, 9.17) is 9.47 Å². The third-order valence-corrected chi connectivity index (χ3v) is 7.92. The molecule has 0 aromatic heterocycles. The number of ether oxygens (including phenoxy) is 2. The second-order valence-corrected chi connectivity index (χ2v) is 9.64. The van der Waals surface area contributed by atoms with Crippen LogP contribution < -0.4 is 9.47 Å². The van der Waals surface area contributed by atoms with E-state index < -0.39 is 0 Å². The second-order valence-electron chi connectivity index (χ2n) is 6.81. The molecule has 0 N–H and O–H groups in total. The van der Waals surface area contributed by atoms with E-state index in [2.05, 4.69) is 88.0 Å². The zero-order chi connectivity index (χ0) is 21.4. The van der Waals surface area contributed by atoms with E-state index >= 15 is 0 Å². The number of rotatable bonds is 5. The molecule has 154 valence electrons. The molecule has 0 saturated carbocycles. The molecule has 2 nitrogen and oxygen atoms in total. The lowest BCUT2D eigenvalue weighted by Gasteiger charge is -2.21. The predicted molar refractivity (Wildman–Crippen MR) is 141 cm³/mol. The molecule has 30 heavy (non-hydrogen) atoms. The molecule has 0 aliphatic carbocycles. The van der Waals surface area contributed by atoms with Crippen LogP contribution in [-0.4, -0.2) is 14.2 Å². The Labute approximate surface area is 209 Å². The van der Waals surface area contributed by atoms with Crippen LogP contribution >= 0.6 is 63.7 Å². The van der Waals surface area contributed by atoms with Gasteiger partial charge in [-0.25, -0.2) is 0 Å². The largest absolute Gasteiger partial charge is 0.496 e. The predicted octanol–water partition coefficient (Wildman–Crippen LogP) is 8.99. The molecule has 0 atom stereocenters. The molecule has 0 fully saturated rings.